The maximum Gasteiger partial charge on any atom is 0.104 e. The van der Waals surface area contributed by atoms with Crippen molar-refractivity contribution in [1.29, 1.82) is 0 Å². The monoisotopic (exact) mass is 279 g/mol. The predicted molar refractivity (Wildman–Crippen MR) is 78.0 cm³/mol. The Bertz CT molecular complexity index is 442. The van der Waals surface area contributed by atoms with Crippen molar-refractivity contribution in [2.45, 2.75) is 38.3 Å². The molecule has 3 nitrogen and oxygen atoms in total. The number of rotatable bonds is 6. The van der Waals surface area contributed by atoms with E-state index < -0.39 is 0 Å². The highest BCUT2D eigenvalue weighted by molar-refractivity contribution is 7.10. The molecule has 0 atom stereocenters. The maximum atomic E-state index is 9.01. The van der Waals surface area contributed by atoms with Crippen LogP contribution in [0.2, 0.25) is 0 Å². The van der Waals surface area contributed by atoms with E-state index in [0.29, 0.717) is 6.04 Å². The minimum Gasteiger partial charge on any atom is -0.396 e. The molecule has 0 bridgehead atoms. The highest BCUT2D eigenvalue weighted by Crippen LogP contribution is 2.28. The van der Waals surface area contributed by atoms with Gasteiger partial charge in [-0.05, 0) is 30.7 Å². The van der Waals surface area contributed by atoms with E-state index in [1.807, 2.05) is 6.07 Å². The van der Waals surface area contributed by atoms with E-state index in [1.54, 1.807) is 11.3 Å². The highest BCUT2D eigenvalue weighted by atomic mass is 32.1. The smallest absolute Gasteiger partial charge is 0.104 e. The summed E-state index contributed by atoms with van der Waals surface area (Å²) in [5, 5.41) is 19.8. The third kappa shape index (κ3) is 4.05. The maximum absolute atomic E-state index is 9.01. The molecule has 0 amide bonds. The molecular formula is C15H21NO2S. The van der Waals surface area contributed by atoms with Crippen LogP contribution in [0.4, 0.5) is 0 Å². The standard InChI is InChI=1S/C15H21NO2S/c17-9-2-4-13-7-11-19-15(13)12-16(8-3-10-18)14-5-1-6-14/h7,11,14,17-18H,1,3,5-6,8-10,12H2. The number of hydrogen-bond acceptors (Lipinski definition) is 4. The molecule has 1 aliphatic carbocycles. The highest BCUT2D eigenvalue weighted by Gasteiger charge is 2.25. The van der Waals surface area contributed by atoms with Gasteiger partial charge in [0.1, 0.15) is 6.61 Å². The lowest BCUT2D eigenvalue weighted by Gasteiger charge is -2.37. The first kappa shape index (κ1) is 14.5. The van der Waals surface area contributed by atoms with E-state index in [2.05, 4.69) is 22.1 Å². The second-order valence-electron chi connectivity index (χ2n) is 4.85. The van der Waals surface area contributed by atoms with Gasteiger partial charge in [0, 0.05) is 36.2 Å². The zero-order chi connectivity index (χ0) is 13.5. The Hall–Kier alpha value is -0.860. The van der Waals surface area contributed by atoms with Crippen LogP contribution in [-0.4, -0.2) is 40.9 Å². The molecule has 1 fully saturated rings. The zero-order valence-electron chi connectivity index (χ0n) is 11.1. The molecule has 1 saturated carbocycles. The molecular weight excluding hydrogens is 258 g/mol. The second kappa shape index (κ2) is 7.66. The van der Waals surface area contributed by atoms with Crippen LogP contribution in [0.5, 0.6) is 0 Å². The minimum atomic E-state index is -0.0911. The van der Waals surface area contributed by atoms with Crippen LogP contribution in [-0.2, 0) is 6.54 Å². The summed E-state index contributed by atoms with van der Waals surface area (Å²) < 4.78 is 0. The molecule has 0 unspecified atom stereocenters. The Balaban J connectivity index is 2.01. The number of aliphatic hydroxyl groups is 2. The van der Waals surface area contributed by atoms with Crippen molar-refractivity contribution in [3.63, 3.8) is 0 Å². The fourth-order valence-corrected chi connectivity index (χ4v) is 3.16. The molecule has 104 valence electrons. The van der Waals surface area contributed by atoms with Crippen molar-refractivity contribution < 1.29 is 10.2 Å². The first-order chi connectivity index (χ1) is 9.35. The molecule has 0 spiro atoms. The van der Waals surface area contributed by atoms with Gasteiger partial charge < -0.3 is 10.2 Å². The van der Waals surface area contributed by atoms with Gasteiger partial charge in [-0.25, -0.2) is 0 Å². The lowest BCUT2D eigenvalue weighted by Crippen LogP contribution is -2.40. The Morgan fingerprint density at radius 1 is 1.37 bits per heavy atom. The summed E-state index contributed by atoms with van der Waals surface area (Å²) in [7, 11) is 0. The summed E-state index contributed by atoms with van der Waals surface area (Å²) >= 11 is 1.73. The van der Waals surface area contributed by atoms with Crippen LogP contribution in [0, 0.1) is 11.8 Å². The van der Waals surface area contributed by atoms with Gasteiger partial charge in [-0.15, -0.1) is 11.3 Å². The number of nitrogens with zero attached hydrogens (tertiary/aromatic N) is 1. The van der Waals surface area contributed by atoms with E-state index in [9.17, 15) is 0 Å². The fraction of sp³-hybridized carbons (Fsp3) is 0.600. The van der Waals surface area contributed by atoms with Crippen LogP contribution in [0.1, 0.15) is 36.1 Å². The number of hydrogen-bond donors (Lipinski definition) is 2. The molecule has 2 rings (SSSR count). The van der Waals surface area contributed by atoms with Crippen LogP contribution in [0.3, 0.4) is 0 Å². The van der Waals surface area contributed by atoms with E-state index in [0.717, 1.165) is 25.1 Å². The first-order valence-corrected chi connectivity index (χ1v) is 7.74. The number of aliphatic hydroxyl groups excluding tert-OH is 2. The molecule has 1 aromatic heterocycles. The Labute approximate surface area is 118 Å². The molecule has 0 saturated heterocycles. The summed E-state index contributed by atoms with van der Waals surface area (Å²) in [4.78, 5) is 3.74. The van der Waals surface area contributed by atoms with Crippen molar-refractivity contribution >= 4 is 11.3 Å². The van der Waals surface area contributed by atoms with E-state index in [-0.39, 0.29) is 13.2 Å². The molecule has 0 radical (unpaired) electrons. The van der Waals surface area contributed by atoms with Gasteiger partial charge in [0.25, 0.3) is 0 Å². The Kier molecular flexibility index (Phi) is 5.87. The zero-order valence-corrected chi connectivity index (χ0v) is 12.0. The van der Waals surface area contributed by atoms with Crippen molar-refractivity contribution in [1.82, 2.24) is 4.90 Å². The van der Waals surface area contributed by atoms with Crippen molar-refractivity contribution in [3.8, 4) is 11.8 Å². The first-order valence-electron chi connectivity index (χ1n) is 6.86. The molecule has 1 aliphatic rings. The predicted octanol–water partition coefficient (Wildman–Crippen LogP) is 1.83. The summed E-state index contributed by atoms with van der Waals surface area (Å²) in [6.45, 7) is 2.03. The molecule has 4 heteroatoms. The molecule has 1 heterocycles. The van der Waals surface area contributed by atoms with Crippen LogP contribution >= 0.6 is 11.3 Å². The van der Waals surface area contributed by atoms with Gasteiger partial charge in [0.2, 0.25) is 0 Å². The third-order valence-electron chi connectivity index (χ3n) is 3.59. The third-order valence-corrected chi connectivity index (χ3v) is 4.49. The second-order valence-corrected chi connectivity index (χ2v) is 5.85. The topological polar surface area (TPSA) is 43.7 Å². The van der Waals surface area contributed by atoms with E-state index in [1.165, 1.54) is 24.1 Å². The average Bonchev–Trinajstić information content (AvgIpc) is 2.78. The molecule has 0 aromatic carbocycles. The molecule has 0 aliphatic heterocycles. The summed E-state index contributed by atoms with van der Waals surface area (Å²) in [6, 6.07) is 2.69. The van der Waals surface area contributed by atoms with Gasteiger partial charge in [-0.2, -0.15) is 0 Å². The van der Waals surface area contributed by atoms with Gasteiger partial charge in [-0.1, -0.05) is 18.3 Å². The van der Waals surface area contributed by atoms with Crippen molar-refractivity contribution in [2.24, 2.45) is 0 Å². The Morgan fingerprint density at radius 2 is 2.21 bits per heavy atom. The van der Waals surface area contributed by atoms with Gasteiger partial charge >= 0.3 is 0 Å². The molecule has 1 aromatic rings. The van der Waals surface area contributed by atoms with Gasteiger partial charge in [0.05, 0.1) is 0 Å². The van der Waals surface area contributed by atoms with Crippen molar-refractivity contribution in [2.75, 3.05) is 19.8 Å². The summed E-state index contributed by atoms with van der Waals surface area (Å²) in [6.07, 6.45) is 4.70. The minimum absolute atomic E-state index is 0.0911. The van der Waals surface area contributed by atoms with Crippen LogP contribution < -0.4 is 0 Å². The summed E-state index contributed by atoms with van der Waals surface area (Å²) in [5.74, 6) is 5.73. The lowest BCUT2D eigenvalue weighted by molar-refractivity contribution is 0.110. The average molecular weight is 279 g/mol. The van der Waals surface area contributed by atoms with E-state index in [4.69, 9.17) is 10.2 Å². The SMILES string of the molecule is OCC#Cc1ccsc1CN(CCCO)C1CCC1. The Morgan fingerprint density at radius 3 is 2.84 bits per heavy atom. The normalized spacial score (nSPS) is 15.1. The molecule has 19 heavy (non-hydrogen) atoms. The van der Waals surface area contributed by atoms with Crippen LogP contribution in [0.25, 0.3) is 0 Å². The van der Waals surface area contributed by atoms with Gasteiger partial charge in [-0.3, -0.25) is 4.90 Å². The quantitative estimate of drug-likeness (QED) is 0.781. The number of thiophene rings is 1. The van der Waals surface area contributed by atoms with Crippen molar-refractivity contribution in [3.05, 3.63) is 21.9 Å². The van der Waals surface area contributed by atoms with Gasteiger partial charge in [0.15, 0.2) is 0 Å². The molecule has 2 N–H and O–H groups in total. The van der Waals surface area contributed by atoms with E-state index >= 15 is 0 Å². The summed E-state index contributed by atoms with van der Waals surface area (Å²) in [5.41, 5.74) is 1.03. The lowest BCUT2D eigenvalue weighted by atomic mass is 9.91. The fourth-order valence-electron chi connectivity index (χ4n) is 2.31. The van der Waals surface area contributed by atoms with Crippen LogP contribution in [0.15, 0.2) is 11.4 Å². The largest absolute Gasteiger partial charge is 0.396 e.